The normalized spacial score (nSPS) is 14.2. The second kappa shape index (κ2) is 8.43. The lowest BCUT2D eigenvalue weighted by molar-refractivity contribution is 0.0216. The maximum atomic E-state index is 12.5. The van der Waals surface area contributed by atoms with Crippen LogP contribution in [0.2, 0.25) is 0 Å². The Bertz CT molecular complexity index is 578. The first-order valence-corrected chi connectivity index (χ1v) is 8.73. The van der Waals surface area contributed by atoms with E-state index in [4.69, 9.17) is 14.2 Å². The third kappa shape index (κ3) is 6.82. The van der Waals surface area contributed by atoms with Crippen LogP contribution in [0.3, 0.4) is 0 Å². The number of phenols is 1. The minimum Gasteiger partial charge on any atom is -0.508 e. The first kappa shape index (κ1) is 19.4. The molecule has 0 aromatic heterocycles. The summed E-state index contributed by atoms with van der Waals surface area (Å²) in [6.45, 7) is 7.10. The maximum absolute atomic E-state index is 12.5. The van der Waals surface area contributed by atoms with Gasteiger partial charge in [-0.05, 0) is 51.3 Å². The molecule has 1 aromatic carbocycles. The lowest BCUT2D eigenvalue weighted by Crippen LogP contribution is -2.37. The van der Waals surface area contributed by atoms with Crippen molar-refractivity contribution in [1.82, 2.24) is 4.90 Å². The molecule has 0 unspecified atom stereocenters. The van der Waals surface area contributed by atoms with Crippen molar-refractivity contribution >= 4 is 6.09 Å². The first-order valence-electron chi connectivity index (χ1n) is 8.73. The van der Waals surface area contributed by atoms with Gasteiger partial charge in [0.25, 0.3) is 0 Å². The van der Waals surface area contributed by atoms with E-state index in [0.29, 0.717) is 25.5 Å². The van der Waals surface area contributed by atoms with Gasteiger partial charge in [-0.25, -0.2) is 4.79 Å². The van der Waals surface area contributed by atoms with Crippen molar-refractivity contribution in [3.05, 3.63) is 23.8 Å². The first-order chi connectivity index (χ1) is 11.8. The molecule has 0 aliphatic heterocycles. The number of ether oxygens (including phenoxy) is 3. The molecule has 0 bridgehead atoms. The highest BCUT2D eigenvalue weighted by atomic mass is 16.6. The fourth-order valence-corrected chi connectivity index (χ4v) is 2.46. The Morgan fingerprint density at radius 1 is 1.24 bits per heavy atom. The molecule has 0 saturated heterocycles. The van der Waals surface area contributed by atoms with E-state index in [0.717, 1.165) is 24.8 Å². The molecule has 1 aromatic rings. The molecule has 140 valence electrons. The Morgan fingerprint density at radius 2 is 1.96 bits per heavy atom. The summed E-state index contributed by atoms with van der Waals surface area (Å²) in [5, 5.41) is 9.95. The lowest BCUT2D eigenvalue weighted by atomic mass is 10.2. The molecule has 6 heteroatoms. The Balaban J connectivity index is 2.03. The van der Waals surface area contributed by atoms with Crippen LogP contribution in [0.4, 0.5) is 4.79 Å². The van der Waals surface area contributed by atoms with Crippen LogP contribution in [-0.2, 0) is 16.0 Å². The Morgan fingerprint density at radius 3 is 2.56 bits per heavy atom. The Kier molecular flexibility index (Phi) is 6.53. The molecule has 1 saturated carbocycles. The van der Waals surface area contributed by atoms with Gasteiger partial charge in [0, 0.05) is 38.8 Å². The predicted molar refractivity (Wildman–Crippen MR) is 94.9 cm³/mol. The highest BCUT2D eigenvalue weighted by molar-refractivity contribution is 5.69. The molecule has 1 amide bonds. The summed E-state index contributed by atoms with van der Waals surface area (Å²) >= 11 is 0. The third-order valence-electron chi connectivity index (χ3n) is 3.68. The van der Waals surface area contributed by atoms with Crippen molar-refractivity contribution in [2.75, 3.05) is 20.3 Å². The van der Waals surface area contributed by atoms with Gasteiger partial charge in [-0.15, -0.1) is 0 Å². The number of hydrogen-bond donors (Lipinski definition) is 1. The fourth-order valence-electron chi connectivity index (χ4n) is 2.46. The molecular weight excluding hydrogens is 322 g/mol. The van der Waals surface area contributed by atoms with E-state index in [-0.39, 0.29) is 17.9 Å². The summed E-state index contributed by atoms with van der Waals surface area (Å²) in [5.74, 6) is 0.713. The SMILES string of the molecule is COCCCOc1cc(O)cc(CN(C(=O)OC(C)(C)C)C2CC2)c1. The standard InChI is InChI=1S/C19H29NO5/c1-19(2,3)25-18(22)20(15-6-7-15)13-14-10-16(21)12-17(11-14)24-9-5-8-23-4/h10-12,15,21H,5-9,13H2,1-4H3. The summed E-state index contributed by atoms with van der Waals surface area (Å²) in [7, 11) is 1.65. The lowest BCUT2D eigenvalue weighted by Gasteiger charge is -2.27. The summed E-state index contributed by atoms with van der Waals surface area (Å²) in [4.78, 5) is 14.2. The molecule has 25 heavy (non-hydrogen) atoms. The van der Waals surface area contributed by atoms with Crippen molar-refractivity contribution in [1.29, 1.82) is 0 Å². The van der Waals surface area contributed by atoms with Gasteiger partial charge in [0.1, 0.15) is 17.1 Å². The van der Waals surface area contributed by atoms with Gasteiger partial charge in [0.05, 0.1) is 6.61 Å². The molecule has 1 aliphatic rings. The molecule has 0 spiro atoms. The van der Waals surface area contributed by atoms with Crippen molar-refractivity contribution < 1.29 is 24.1 Å². The largest absolute Gasteiger partial charge is 0.508 e. The average molecular weight is 351 g/mol. The number of nitrogens with zero attached hydrogens (tertiary/aromatic N) is 1. The molecule has 1 N–H and O–H groups in total. The van der Waals surface area contributed by atoms with E-state index in [1.165, 1.54) is 0 Å². The van der Waals surface area contributed by atoms with E-state index in [2.05, 4.69) is 0 Å². The van der Waals surface area contributed by atoms with Crippen LogP contribution in [0.15, 0.2) is 18.2 Å². The van der Waals surface area contributed by atoms with Gasteiger partial charge >= 0.3 is 6.09 Å². The van der Waals surface area contributed by atoms with Crippen LogP contribution in [0, 0.1) is 0 Å². The quantitative estimate of drug-likeness (QED) is 0.723. The second-order valence-corrected chi connectivity index (χ2v) is 7.37. The van der Waals surface area contributed by atoms with Crippen LogP contribution in [0.25, 0.3) is 0 Å². The van der Waals surface area contributed by atoms with Gasteiger partial charge in [-0.2, -0.15) is 0 Å². The van der Waals surface area contributed by atoms with E-state index < -0.39 is 5.60 Å². The van der Waals surface area contributed by atoms with Gasteiger partial charge in [0.2, 0.25) is 0 Å². The number of benzene rings is 1. The van der Waals surface area contributed by atoms with Gasteiger partial charge in [0.15, 0.2) is 0 Å². The van der Waals surface area contributed by atoms with Gasteiger partial charge in [-0.3, -0.25) is 0 Å². The smallest absolute Gasteiger partial charge is 0.410 e. The molecule has 0 radical (unpaired) electrons. The second-order valence-electron chi connectivity index (χ2n) is 7.37. The molecular formula is C19H29NO5. The summed E-state index contributed by atoms with van der Waals surface area (Å²) in [6, 6.07) is 5.29. The van der Waals surface area contributed by atoms with Crippen molar-refractivity contribution in [2.45, 2.75) is 58.2 Å². The van der Waals surface area contributed by atoms with Crippen molar-refractivity contribution in [3.63, 3.8) is 0 Å². The van der Waals surface area contributed by atoms with Crippen LogP contribution < -0.4 is 4.74 Å². The summed E-state index contributed by atoms with van der Waals surface area (Å²) in [6.07, 6.45) is 2.42. The molecule has 0 heterocycles. The van der Waals surface area contributed by atoms with Gasteiger partial charge < -0.3 is 24.2 Å². The monoisotopic (exact) mass is 351 g/mol. The van der Waals surface area contributed by atoms with E-state index in [1.807, 2.05) is 26.8 Å². The Labute approximate surface area is 149 Å². The van der Waals surface area contributed by atoms with Crippen LogP contribution in [0.5, 0.6) is 11.5 Å². The Hall–Kier alpha value is -1.95. The minimum absolute atomic E-state index is 0.124. The molecule has 6 nitrogen and oxygen atoms in total. The number of aromatic hydroxyl groups is 1. The van der Waals surface area contributed by atoms with E-state index in [1.54, 1.807) is 24.1 Å². The fraction of sp³-hybridized carbons (Fsp3) is 0.632. The highest BCUT2D eigenvalue weighted by Gasteiger charge is 2.35. The maximum Gasteiger partial charge on any atom is 0.410 e. The zero-order chi connectivity index (χ0) is 18.4. The van der Waals surface area contributed by atoms with Crippen molar-refractivity contribution in [3.8, 4) is 11.5 Å². The highest BCUT2D eigenvalue weighted by Crippen LogP contribution is 2.31. The molecule has 0 atom stereocenters. The molecule has 1 fully saturated rings. The van der Waals surface area contributed by atoms with E-state index >= 15 is 0 Å². The van der Waals surface area contributed by atoms with Crippen molar-refractivity contribution in [2.24, 2.45) is 0 Å². The number of hydrogen-bond acceptors (Lipinski definition) is 5. The van der Waals surface area contributed by atoms with Crippen LogP contribution in [0.1, 0.15) is 45.6 Å². The number of rotatable bonds is 8. The van der Waals surface area contributed by atoms with Crippen LogP contribution >= 0.6 is 0 Å². The predicted octanol–water partition coefficient (Wildman–Crippen LogP) is 3.71. The van der Waals surface area contributed by atoms with Gasteiger partial charge in [-0.1, -0.05) is 0 Å². The number of carbonyl (C=O) groups excluding carboxylic acids is 1. The number of phenolic OH excluding ortho intramolecular Hbond substituents is 1. The number of carbonyl (C=O) groups is 1. The zero-order valence-electron chi connectivity index (χ0n) is 15.6. The number of amides is 1. The topological polar surface area (TPSA) is 68.2 Å². The third-order valence-corrected chi connectivity index (χ3v) is 3.68. The zero-order valence-corrected chi connectivity index (χ0v) is 15.6. The van der Waals surface area contributed by atoms with E-state index in [9.17, 15) is 9.90 Å². The average Bonchev–Trinajstić information content (AvgIpc) is 3.31. The molecule has 1 aliphatic carbocycles. The van der Waals surface area contributed by atoms with Crippen LogP contribution in [-0.4, -0.2) is 48.1 Å². The minimum atomic E-state index is -0.529. The number of methoxy groups -OCH3 is 1. The summed E-state index contributed by atoms with van der Waals surface area (Å²) < 4.78 is 16.2. The molecule has 2 rings (SSSR count). The summed E-state index contributed by atoms with van der Waals surface area (Å²) in [5.41, 5.74) is 0.290.